The van der Waals surface area contributed by atoms with E-state index in [0.717, 1.165) is 17.8 Å². The molecule has 5 nitrogen and oxygen atoms in total. The van der Waals surface area contributed by atoms with Crippen LogP contribution in [0.3, 0.4) is 0 Å². The first-order chi connectivity index (χ1) is 9.86. The number of aliphatic hydroxyl groups is 1. The number of hydrogen-bond acceptors (Lipinski definition) is 5. The van der Waals surface area contributed by atoms with Gasteiger partial charge in [-0.05, 0) is 36.8 Å². The third-order valence-electron chi connectivity index (χ3n) is 3.13. The van der Waals surface area contributed by atoms with E-state index in [4.69, 9.17) is 4.42 Å². The van der Waals surface area contributed by atoms with E-state index in [1.807, 2.05) is 19.1 Å². The van der Waals surface area contributed by atoms with Crippen molar-refractivity contribution in [3.63, 3.8) is 0 Å². The average molecular weight is 309 g/mol. The SMILES string of the molecule is Cc1ccc(CNCC(O)c2ccc(S(C)(=O)=O)cc2)o1. The smallest absolute Gasteiger partial charge is 0.175 e. The van der Waals surface area contributed by atoms with E-state index in [1.54, 1.807) is 12.1 Å². The molecule has 21 heavy (non-hydrogen) atoms. The minimum Gasteiger partial charge on any atom is -0.465 e. The first kappa shape index (κ1) is 15.8. The lowest BCUT2D eigenvalue weighted by Gasteiger charge is -2.12. The van der Waals surface area contributed by atoms with Gasteiger partial charge in [0.25, 0.3) is 0 Å². The van der Waals surface area contributed by atoms with Gasteiger partial charge in [0.15, 0.2) is 9.84 Å². The standard InChI is InChI=1S/C15H19NO4S/c1-11-3-6-13(20-11)9-16-10-15(17)12-4-7-14(8-5-12)21(2,18)19/h3-8,15-17H,9-10H2,1-2H3. The van der Waals surface area contributed by atoms with Crippen LogP contribution in [0.5, 0.6) is 0 Å². The molecule has 0 radical (unpaired) electrons. The summed E-state index contributed by atoms with van der Waals surface area (Å²) in [5.41, 5.74) is 0.672. The van der Waals surface area contributed by atoms with Crippen LogP contribution in [-0.4, -0.2) is 26.3 Å². The number of sulfone groups is 1. The van der Waals surface area contributed by atoms with Crippen LogP contribution in [0.15, 0.2) is 45.7 Å². The zero-order valence-electron chi connectivity index (χ0n) is 12.0. The molecule has 2 rings (SSSR count). The van der Waals surface area contributed by atoms with Crippen molar-refractivity contribution >= 4 is 9.84 Å². The largest absolute Gasteiger partial charge is 0.465 e. The molecule has 0 aliphatic rings. The van der Waals surface area contributed by atoms with Gasteiger partial charge in [0.2, 0.25) is 0 Å². The summed E-state index contributed by atoms with van der Waals surface area (Å²) in [5, 5.41) is 13.2. The maximum absolute atomic E-state index is 11.4. The van der Waals surface area contributed by atoms with Crippen LogP contribution in [0.2, 0.25) is 0 Å². The Morgan fingerprint density at radius 3 is 2.38 bits per heavy atom. The van der Waals surface area contributed by atoms with Gasteiger partial charge in [0.05, 0.1) is 17.5 Å². The first-order valence-electron chi connectivity index (χ1n) is 6.60. The molecule has 0 amide bonds. The van der Waals surface area contributed by atoms with Crippen LogP contribution >= 0.6 is 0 Å². The minimum absolute atomic E-state index is 0.248. The summed E-state index contributed by atoms with van der Waals surface area (Å²) in [7, 11) is -3.21. The van der Waals surface area contributed by atoms with Crippen molar-refractivity contribution < 1.29 is 17.9 Å². The zero-order chi connectivity index (χ0) is 15.5. The third-order valence-corrected chi connectivity index (χ3v) is 4.25. The summed E-state index contributed by atoms with van der Waals surface area (Å²) in [5.74, 6) is 1.66. The van der Waals surface area contributed by atoms with E-state index in [2.05, 4.69) is 5.32 Å². The van der Waals surface area contributed by atoms with Crippen LogP contribution < -0.4 is 5.32 Å². The summed E-state index contributed by atoms with van der Waals surface area (Å²) in [6.07, 6.45) is 0.459. The lowest BCUT2D eigenvalue weighted by molar-refractivity contribution is 0.173. The van der Waals surface area contributed by atoms with Gasteiger partial charge in [-0.15, -0.1) is 0 Å². The Bertz CT molecular complexity index is 689. The topological polar surface area (TPSA) is 79.5 Å². The fraction of sp³-hybridized carbons (Fsp3) is 0.333. The summed E-state index contributed by atoms with van der Waals surface area (Å²) in [6.45, 7) is 2.77. The van der Waals surface area contributed by atoms with Crippen LogP contribution in [0, 0.1) is 6.92 Å². The fourth-order valence-corrected chi connectivity index (χ4v) is 2.60. The molecule has 0 saturated heterocycles. The van der Waals surface area contributed by atoms with Crippen molar-refractivity contribution in [3.05, 3.63) is 53.5 Å². The number of rotatable bonds is 6. The third kappa shape index (κ3) is 4.42. The maximum Gasteiger partial charge on any atom is 0.175 e. The molecular formula is C15H19NO4S. The Labute approximate surface area is 124 Å². The quantitative estimate of drug-likeness (QED) is 0.851. The van der Waals surface area contributed by atoms with Crippen LogP contribution in [0.4, 0.5) is 0 Å². The molecule has 0 bridgehead atoms. The molecule has 2 aromatic rings. The first-order valence-corrected chi connectivity index (χ1v) is 8.49. The highest BCUT2D eigenvalue weighted by molar-refractivity contribution is 7.90. The van der Waals surface area contributed by atoms with Crippen molar-refractivity contribution in [1.82, 2.24) is 5.32 Å². The molecular weight excluding hydrogens is 290 g/mol. The van der Waals surface area contributed by atoms with Crippen LogP contribution in [0.1, 0.15) is 23.2 Å². The van der Waals surface area contributed by atoms with Crippen LogP contribution in [-0.2, 0) is 16.4 Å². The predicted octanol–water partition coefficient (Wildman–Crippen LogP) is 1.81. The molecule has 0 aliphatic heterocycles. The summed E-state index contributed by atoms with van der Waals surface area (Å²) >= 11 is 0. The number of hydrogen-bond donors (Lipinski definition) is 2. The van der Waals surface area contributed by atoms with E-state index in [1.165, 1.54) is 12.1 Å². The van der Waals surface area contributed by atoms with Crippen LogP contribution in [0.25, 0.3) is 0 Å². The van der Waals surface area contributed by atoms with Crippen molar-refractivity contribution in [3.8, 4) is 0 Å². The number of aliphatic hydroxyl groups excluding tert-OH is 1. The molecule has 0 saturated carbocycles. The highest BCUT2D eigenvalue weighted by Gasteiger charge is 2.10. The minimum atomic E-state index is -3.21. The number of aryl methyl sites for hydroxylation is 1. The molecule has 0 fully saturated rings. The van der Waals surface area contributed by atoms with Gasteiger partial charge in [-0.2, -0.15) is 0 Å². The van der Waals surface area contributed by atoms with Gasteiger partial charge in [-0.25, -0.2) is 8.42 Å². The Kier molecular flexibility index (Phi) is 4.82. The van der Waals surface area contributed by atoms with Gasteiger partial charge in [0, 0.05) is 12.8 Å². The molecule has 1 unspecified atom stereocenters. The van der Waals surface area contributed by atoms with Gasteiger partial charge >= 0.3 is 0 Å². The van der Waals surface area contributed by atoms with E-state index in [0.29, 0.717) is 18.7 Å². The molecule has 0 aliphatic carbocycles. The van der Waals surface area contributed by atoms with Crippen molar-refractivity contribution in [2.24, 2.45) is 0 Å². The van der Waals surface area contributed by atoms with Gasteiger partial charge in [0.1, 0.15) is 11.5 Å². The molecule has 1 atom stereocenters. The van der Waals surface area contributed by atoms with Gasteiger partial charge in [-0.3, -0.25) is 0 Å². The van der Waals surface area contributed by atoms with E-state index in [-0.39, 0.29) is 4.90 Å². The highest BCUT2D eigenvalue weighted by Crippen LogP contribution is 2.16. The number of nitrogens with one attached hydrogen (secondary N) is 1. The van der Waals surface area contributed by atoms with Gasteiger partial charge in [-0.1, -0.05) is 12.1 Å². The van der Waals surface area contributed by atoms with Crippen molar-refractivity contribution in [2.75, 3.05) is 12.8 Å². The second kappa shape index (κ2) is 6.43. The van der Waals surface area contributed by atoms with Crippen molar-refractivity contribution in [1.29, 1.82) is 0 Å². The molecule has 114 valence electrons. The zero-order valence-corrected chi connectivity index (χ0v) is 12.9. The van der Waals surface area contributed by atoms with E-state index < -0.39 is 15.9 Å². The highest BCUT2D eigenvalue weighted by atomic mass is 32.2. The Hall–Kier alpha value is -1.63. The Morgan fingerprint density at radius 2 is 1.86 bits per heavy atom. The summed E-state index contributed by atoms with van der Waals surface area (Å²) < 4.78 is 28.1. The second-order valence-corrected chi connectivity index (χ2v) is 7.02. The number of furan rings is 1. The maximum atomic E-state index is 11.4. The normalized spacial score (nSPS) is 13.3. The molecule has 0 spiro atoms. The van der Waals surface area contributed by atoms with E-state index >= 15 is 0 Å². The molecule has 1 aromatic heterocycles. The Morgan fingerprint density at radius 1 is 1.19 bits per heavy atom. The summed E-state index contributed by atoms with van der Waals surface area (Å²) in [6, 6.07) is 10.0. The molecule has 1 aromatic carbocycles. The molecule has 6 heteroatoms. The lowest BCUT2D eigenvalue weighted by Crippen LogP contribution is -2.20. The lowest BCUT2D eigenvalue weighted by atomic mass is 10.1. The fourth-order valence-electron chi connectivity index (χ4n) is 1.97. The van der Waals surface area contributed by atoms with E-state index in [9.17, 15) is 13.5 Å². The van der Waals surface area contributed by atoms with Gasteiger partial charge < -0.3 is 14.8 Å². The monoisotopic (exact) mass is 309 g/mol. The number of benzene rings is 1. The Balaban J connectivity index is 1.89. The average Bonchev–Trinajstić information content (AvgIpc) is 2.83. The molecule has 1 heterocycles. The predicted molar refractivity (Wildman–Crippen MR) is 79.7 cm³/mol. The summed E-state index contributed by atoms with van der Waals surface area (Å²) in [4.78, 5) is 0.248. The second-order valence-electron chi connectivity index (χ2n) is 5.00. The van der Waals surface area contributed by atoms with Crippen molar-refractivity contribution in [2.45, 2.75) is 24.5 Å². The molecule has 2 N–H and O–H groups in total.